The van der Waals surface area contributed by atoms with Gasteiger partial charge in [0.25, 0.3) is 0 Å². The molecule has 0 bridgehead atoms. The Kier molecular flexibility index (Phi) is 4.94. The van der Waals surface area contributed by atoms with Gasteiger partial charge in [-0.1, -0.05) is 28.4 Å². The minimum atomic E-state index is 0.110. The van der Waals surface area contributed by atoms with Crippen LogP contribution >= 0.6 is 15.9 Å². The summed E-state index contributed by atoms with van der Waals surface area (Å²) in [6.07, 6.45) is 0.880. The van der Waals surface area contributed by atoms with Crippen molar-refractivity contribution in [3.8, 4) is 0 Å². The van der Waals surface area contributed by atoms with Gasteiger partial charge in [0, 0.05) is 28.3 Å². The number of nitrogens with one attached hydrogen (secondary N) is 1. The lowest BCUT2D eigenvalue weighted by atomic mass is 9.95. The average molecular weight is 296 g/mol. The highest BCUT2D eigenvalue weighted by atomic mass is 79.9. The molecule has 0 spiro atoms. The molecule has 1 rings (SSSR count). The predicted octanol–water partition coefficient (Wildman–Crippen LogP) is 4.26. The number of benzene rings is 1. The minimum Gasteiger partial charge on any atom is -0.388 e. The van der Waals surface area contributed by atoms with E-state index in [1.165, 1.54) is 0 Å². The number of rotatable bonds is 4. The van der Waals surface area contributed by atoms with Gasteiger partial charge >= 0.3 is 0 Å². The number of anilines is 1. The molecule has 2 nitrogen and oxygen atoms in total. The number of halogens is 1. The Labute approximate surface area is 111 Å². The van der Waals surface area contributed by atoms with E-state index in [9.17, 15) is 4.79 Å². The molecule has 0 aliphatic rings. The Hall–Kier alpha value is -1.09. The van der Waals surface area contributed by atoms with Gasteiger partial charge in [-0.3, -0.25) is 4.79 Å². The highest BCUT2D eigenvalue weighted by molar-refractivity contribution is 9.10. The first-order valence-electron chi connectivity index (χ1n) is 5.69. The predicted molar refractivity (Wildman–Crippen MR) is 77.3 cm³/mol. The van der Waals surface area contributed by atoms with Gasteiger partial charge in [-0.05, 0) is 38.5 Å². The van der Waals surface area contributed by atoms with E-state index in [4.69, 9.17) is 0 Å². The molecule has 0 aliphatic heterocycles. The van der Waals surface area contributed by atoms with Crippen molar-refractivity contribution >= 4 is 33.0 Å². The zero-order chi connectivity index (χ0) is 13.0. The van der Waals surface area contributed by atoms with Gasteiger partial charge in [0.2, 0.25) is 0 Å². The molecule has 0 heterocycles. The van der Waals surface area contributed by atoms with Crippen molar-refractivity contribution in [2.24, 2.45) is 0 Å². The van der Waals surface area contributed by atoms with Crippen molar-refractivity contribution < 1.29 is 4.79 Å². The van der Waals surface area contributed by atoms with E-state index in [0.717, 1.165) is 33.3 Å². The Balaban J connectivity index is 3.48. The Bertz CT molecular complexity index is 463. The number of Topliss-reactive ketones (excluding diaryl/α,β-unsaturated/α-hetero) is 1. The van der Waals surface area contributed by atoms with Crippen molar-refractivity contribution in [1.29, 1.82) is 0 Å². The van der Waals surface area contributed by atoms with Crippen molar-refractivity contribution in [2.45, 2.75) is 27.2 Å². The summed E-state index contributed by atoms with van der Waals surface area (Å²) in [7, 11) is 1.87. The second kappa shape index (κ2) is 6.01. The molecular formula is C14H18BrNO. The lowest BCUT2D eigenvalue weighted by Gasteiger charge is -2.14. The van der Waals surface area contributed by atoms with E-state index < -0.39 is 0 Å². The summed E-state index contributed by atoms with van der Waals surface area (Å²) in [6, 6.07) is 5.93. The number of ketones is 1. The summed E-state index contributed by atoms with van der Waals surface area (Å²) in [5, 5.41) is 3.13. The molecule has 1 aromatic rings. The molecule has 0 radical (unpaired) electrons. The highest BCUT2D eigenvalue weighted by Crippen LogP contribution is 2.30. The number of carbonyl (C=O) groups is 1. The van der Waals surface area contributed by atoms with E-state index in [1.54, 1.807) is 6.92 Å². The van der Waals surface area contributed by atoms with Crippen LogP contribution in [0, 0.1) is 0 Å². The SMILES string of the molecule is CC/C(C)=C(\C(C)=O)c1cc(Br)ccc1NC. The standard InChI is InChI=1S/C14H18BrNO/c1-5-9(2)14(10(3)17)12-8-11(15)6-7-13(12)16-4/h6-8,16H,5H2,1-4H3/b14-9+. The second-order valence-electron chi connectivity index (χ2n) is 4.00. The molecule has 1 N–H and O–H groups in total. The number of allylic oxidation sites excluding steroid dienone is 2. The smallest absolute Gasteiger partial charge is 0.160 e. The molecule has 0 aromatic heterocycles. The van der Waals surface area contributed by atoms with Gasteiger partial charge in [0.05, 0.1) is 0 Å². The fourth-order valence-electron chi connectivity index (χ4n) is 1.84. The minimum absolute atomic E-state index is 0.110. The van der Waals surface area contributed by atoms with Gasteiger partial charge in [0.1, 0.15) is 0 Å². The topological polar surface area (TPSA) is 29.1 Å². The van der Waals surface area contributed by atoms with Crippen LogP contribution in [0.3, 0.4) is 0 Å². The maximum atomic E-state index is 11.8. The van der Waals surface area contributed by atoms with Crippen LogP contribution in [-0.4, -0.2) is 12.8 Å². The van der Waals surface area contributed by atoms with Crippen molar-refractivity contribution in [1.82, 2.24) is 0 Å². The van der Waals surface area contributed by atoms with E-state index in [2.05, 4.69) is 28.2 Å². The zero-order valence-electron chi connectivity index (χ0n) is 10.7. The molecule has 0 atom stereocenters. The first kappa shape index (κ1) is 14.0. The summed E-state index contributed by atoms with van der Waals surface area (Å²) in [6.45, 7) is 5.70. The van der Waals surface area contributed by atoms with Gasteiger partial charge < -0.3 is 5.32 Å². The first-order chi connectivity index (χ1) is 8.01. The van der Waals surface area contributed by atoms with Crippen LogP contribution < -0.4 is 5.32 Å². The van der Waals surface area contributed by atoms with Crippen LogP contribution in [0.1, 0.15) is 32.8 Å². The van der Waals surface area contributed by atoms with Crippen LogP contribution in [0.5, 0.6) is 0 Å². The van der Waals surface area contributed by atoms with E-state index >= 15 is 0 Å². The van der Waals surface area contributed by atoms with E-state index in [0.29, 0.717) is 0 Å². The molecule has 0 saturated carbocycles. The largest absolute Gasteiger partial charge is 0.388 e. The molecule has 0 unspecified atom stereocenters. The van der Waals surface area contributed by atoms with Gasteiger partial charge in [-0.2, -0.15) is 0 Å². The van der Waals surface area contributed by atoms with Gasteiger partial charge in [0.15, 0.2) is 5.78 Å². The third-order valence-electron chi connectivity index (χ3n) is 2.83. The fourth-order valence-corrected chi connectivity index (χ4v) is 2.20. The lowest BCUT2D eigenvalue weighted by molar-refractivity contribution is -0.111. The molecule has 1 aromatic carbocycles. The summed E-state index contributed by atoms with van der Waals surface area (Å²) in [5.74, 6) is 0.110. The Morgan fingerprint density at radius 2 is 2.00 bits per heavy atom. The van der Waals surface area contributed by atoms with Crippen LogP contribution in [-0.2, 0) is 4.79 Å². The van der Waals surface area contributed by atoms with Crippen molar-refractivity contribution in [3.63, 3.8) is 0 Å². The molecule has 92 valence electrons. The summed E-state index contributed by atoms with van der Waals surface area (Å²) in [5.41, 5.74) is 3.88. The number of hydrogen-bond acceptors (Lipinski definition) is 2. The van der Waals surface area contributed by atoms with Crippen molar-refractivity contribution in [3.05, 3.63) is 33.8 Å². The third kappa shape index (κ3) is 3.19. The molecule has 17 heavy (non-hydrogen) atoms. The second-order valence-corrected chi connectivity index (χ2v) is 4.92. The first-order valence-corrected chi connectivity index (χ1v) is 6.48. The molecule has 0 saturated heterocycles. The van der Waals surface area contributed by atoms with Gasteiger partial charge in [-0.15, -0.1) is 0 Å². The van der Waals surface area contributed by atoms with Gasteiger partial charge in [-0.25, -0.2) is 0 Å². The highest BCUT2D eigenvalue weighted by Gasteiger charge is 2.14. The molecule has 0 amide bonds. The third-order valence-corrected chi connectivity index (χ3v) is 3.32. The average Bonchev–Trinajstić information content (AvgIpc) is 2.29. The van der Waals surface area contributed by atoms with E-state index in [1.807, 2.05) is 32.2 Å². The summed E-state index contributed by atoms with van der Waals surface area (Å²) in [4.78, 5) is 11.8. The number of carbonyl (C=O) groups excluding carboxylic acids is 1. The van der Waals surface area contributed by atoms with Crippen molar-refractivity contribution in [2.75, 3.05) is 12.4 Å². The fraction of sp³-hybridized carbons (Fsp3) is 0.357. The van der Waals surface area contributed by atoms with Crippen LogP contribution in [0.2, 0.25) is 0 Å². The Morgan fingerprint density at radius 1 is 1.35 bits per heavy atom. The Morgan fingerprint density at radius 3 is 2.47 bits per heavy atom. The van der Waals surface area contributed by atoms with Crippen LogP contribution in [0.25, 0.3) is 5.57 Å². The monoisotopic (exact) mass is 295 g/mol. The quantitative estimate of drug-likeness (QED) is 0.841. The zero-order valence-corrected chi connectivity index (χ0v) is 12.3. The summed E-state index contributed by atoms with van der Waals surface area (Å²) < 4.78 is 0.981. The van der Waals surface area contributed by atoms with Crippen LogP contribution in [0.4, 0.5) is 5.69 Å². The molecule has 3 heteroatoms. The summed E-state index contributed by atoms with van der Waals surface area (Å²) >= 11 is 3.45. The molecular weight excluding hydrogens is 278 g/mol. The maximum Gasteiger partial charge on any atom is 0.160 e. The lowest BCUT2D eigenvalue weighted by Crippen LogP contribution is -2.03. The molecule has 0 aliphatic carbocycles. The maximum absolute atomic E-state index is 11.8. The normalized spacial score (nSPS) is 12.1. The molecule has 0 fully saturated rings. The van der Waals surface area contributed by atoms with Crippen LogP contribution in [0.15, 0.2) is 28.2 Å². The van der Waals surface area contributed by atoms with E-state index in [-0.39, 0.29) is 5.78 Å². The number of hydrogen-bond donors (Lipinski definition) is 1.